The van der Waals surface area contributed by atoms with E-state index in [1.165, 1.54) is 12.0 Å². The number of amides is 1. The number of carbonyl (C=O) groups excluding carboxylic acids is 1. The predicted octanol–water partition coefficient (Wildman–Crippen LogP) is 2.01. The van der Waals surface area contributed by atoms with Crippen LogP contribution < -0.4 is 4.90 Å². The van der Waals surface area contributed by atoms with Crippen molar-refractivity contribution in [3.8, 4) is 0 Å². The third-order valence-electron chi connectivity index (χ3n) is 3.09. The second-order valence-electron chi connectivity index (χ2n) is 4.56. The number of carbonyl (C=O) groups is 2. The standard InChI is InChI=1S/C15H21NO4/c1-4-12-7-5-6-11(2)15(12)16(9-8-14(18)19)13(17)10-20-3/h5-7H,4,8-10H2,1-3H3,(H,18,19). The third kappa shape index (κ3) is 4.06. The smallest absolute Gasteiger partial charge is 0.305 e. The number of hydrogen-bond donors (Lipinski definition) is 1. The summed E-state index contributed by atoms with van der Waals surface area (Å²) in [7, 11) is 1.45. The highest BCUT2D eigenvalue weighted by Crippen LogP contribution is 2.26. The summed E-state index contributed by atoms with van der Waals surface area (Å²) in [6.07, 6.45) is 0.688. The van der Waals surface area contributed by atoms with Crippen molar-refractivity contribution >= 4 is 17.6 Å². The zero-order valence-corrected chi connectivity index (χ0v) is 12.2. The lowest BCUT2D eigenvalue weighted by atomic mass is 10.0. The highest BCUT2D eigenvalue weighted by atomic mass is 16.5. The molecule has 20 heavy (non-hydrogen) atoms. The summed E-state index contributed by atoms with van der Waals surface area (Å²) in [4.78, 5) is 24.5. The van der Waals surface area contributed by atoms with E-state index in [9.17, 15) is 9.59 Å². The Morgan fingerprint density at radius 1 is 1.35 bits per heavy atom. The maximum Gasteiger partial charge on any atom is 0.305 e. The molecular weight excluding hydrogens is 258 g/mol. The molecular formula is C15H21NO4. The molecule has 0 unspecified atom stereocenters. The van der Waals surface area contributed by atoms with Gasteiger partial charge in [0.2, 0.25) is 0 Å². The van der Waals surface area contributed by atoms with Gasteiger partial charge in [-0.1, -0.05) is 25.1 Å². The highest BCUT2D eigenvalue weighted by molar-refractivity contribution is 5.96. The second-order valence-corrected chi connectivity index (χ2v) is 4.56. The van der Waals surface area contributed by atoms with Gasteiger partial charge in [0.25, 0.3) is 5.91 Å². The van der Waals surface area contributed by atoms with Crippen LogP contribution in [-0.2, 0) is 20.7 Å². The van der Waals surface area contributed by atoms with Crippen LogP contribution in [0.5, 0.6) is 0 Å². The number of hydrogen-bond acceptors (Lipinski definition) is 3. The number of rotatable bonds is 7. The van der Waals surface area contributed by atoms with Crippen LogP contribution in [-0.4, -0.2) is 37.2 Å². The number of carboxylic acids is 1. The van der Waals surface area contributed by atoms with Crippen molar-refractivity contribution in [1.82, 2.24) is 0 Å². The molecule has 5 nitrogen and oxygen atoms in total. The molecule has 0 fully saturated rings. The summed E-state index contributed by atoms with van der Waals surface area (Å²) in [5, 5.41) is 8.85. The number of carboxylic acid groups (broad SMARTS) is 1. The van der Waals surface area contributed by atoms with Gasteiger partial charge in [-0.05, 0) is 24.5 Å². The van der Waals surface area contributed by atoms with Gasteiger partial charge >= 0.3 is 5.97 Å². The van der Waals surface area contributed by atoms with Crippen LogP contribution in [0.2, 0.25) is 0 Å². The summed E-state index contributed by atoms with van der Waals surface area (Å²) < 4.78 is 4.89. The highest BCUT2D eigenvalue weighted by Gasteiger charge is 2.20. The molecule has 0 aromatic heterocycles. The summed E-state index contributed by atoms with van der Waals surface area (Å²) in [5.74, 6) is -1.15. The number of ether oxygens (including phenoxy) is 1. The minimum atomic E-state index is -0.924. The average Bonchev–Trinajstić information content (AvgIpc) is 2.40. The number of aryl methyl sites for hydroxylation is 2. The Morgan fingerprint density at radius 3 is 2.60 bits per heavy atom. The lowest BCUT2D eigenvalue weighted by molar-refractivity contribution is -0.136. The van der Waals surface area contributed by atoms with E-state index < -0.39 is 5.97 Å². The lowest BCUT2D eigenvalue weighted by Gasteiger charge is -2.26. The second kappa shape index (κ2) is 7.65. The number of methoxy groups -OCH3 is 1. The number of anilines is 1. The molecule has 0 atom stereocenters. The molecule has 0 bridgehead atoms. The van der Waals surface area contributed by atoms with E-state index in [0.717, 1.165) is 23.2 Å². The predicted molar refractivity (Wildman–Crippen MR) is 77.0 cm³/mol. The summed E-state index contributed by atoms with van der Waals surface area (Å²) in [6, 6.07) is 5.81. The normalized spacial score (nSPS) is 10.3. The molecule has 1 N–H and O–H groups in total. The van der Waals surface area contributed by atoms with Crippen LogP contribution in [0, 0.1) is 6.92 Å². The molecule has 0 saturated carbocycles. The summed E-state index contributed by atoms with van der Waals surface area (Å²) in [5.41, 5.74) is 2.79. The maximum absolute atomic E-state index is 12.2. The number of aliphatic carboxylic acids is 1. The van der Waals surface area contributed by atoms with E-state index in [1.807, 2.05) is 32.0 Å². The summed E-state index contributed by atoms with van der Waals surface area (Å²) in [6.45, 7) is 4.02. The molecule has 1 amide bonds. The Hall–Kier alpha value is -1.88. The molecule has 0 aliphatic heterocycles. The fraction of sp³-hybridized carbons (Fsp3) is 0.467. The van der Waals surface area contributed by atoms with E-state index in [2.05, 4.69) is 0 Å². The Bertz CT molecular complexity index is 485. The van der Waals surface area contributed by atoms with Crippen molar-refractivity contribution < 1.29 is 19.4 Å². The molecule has 0 aliphatic rings. The van der Waals surface area contributed by atoms with Gasteiger partial charge in [0.15, 0.2) is 0 Å². The molecule has 1 rings (SSSR count). The molecule has 0 heterocycles. The van der Waals surface area contributed by atoms with Gasteiger partial charge in [-0.25, -0.2) is 0 Å². The van der Waals surface area contributed by atoms with Crippen LogP contribution in [0.15, 0.2) is 18.2 Å². The van der Waals surface area contributed by atoms with Crippen molar-refractivity contribution in [2.75, 3.05) is 25.2 Å². The maximum atomic E-state index is 12.2. The van der Waals surface area contributed by atoms with Crippen molar-refractivity contribution in [3.63, 3.8) is 0 Å². The molecule has 110 valence electrons. The first-order valence-electron chi connectivity index (χ1n) is 6.60. The fourth-order valence-corrected chi connectivity index (χ4v) is 2.16. The van der Waals surface area contributed by atoms with Gasteiger partial charge in [0, 0.05) is 19.3 Å². The Labute approximate surface area is 119 Å². The van der Waals surface area contributed by atoms with Crippen molar-refractivity contribution in [2.24, 2.45) is 0 Å². The Kier molecular flexibility index (Phi) is 6.18. The van der Waals surface area contributed by atoms with Gasteiger partial charge in [0.1, 0.15) is 6.61 Å². The van der Waals surface area contributed by atoms with E-state index in [-0.39, 0.29) is 25.5 Å². The van der Waals surface area contributed by atoms with Crippen LogP contribution in [0.1, 0.15) is 24.5 Å². The van der Waals surface area contributed by atoms with Crippen molar-refractivity contribution in [1.29, 1.82) is 0 Å². The molecule has 1 aromatic carbocycles. The first-order valence-corrected chi connectivity index (χ1v) is 6.60. The van der Waals surface area contributed by atoms with Crippen LogP contribution in [0.25, 0.3) is 0 Å². The van der Waals surface area contributed by atoms with Gasteiger partial charge in [0.05, 0.1) is 6.42 Å². The van der Waals surface area contributed by atoms with Gasteiger partial charge in [-0.2, -0.15) is 0 Å². The number of para-hydroxylation sites is 1. The molecule has 0 radical (unpaired) electrons. The quantitative estimate of drug-likeness (QED) is 0.829. The molecule has 0 aliphatic carbocycles. The van der Waals surface area contributed by atoms with Crippen LogP contribution >= 0.6 is 0 Å². The topological polar surface area (TPSA) is 66.8 Å². The zero-order valence-electron chi connectivity index (χ0n) is 12.2. The first-order chi connectivity index (χ1) is 9.51. The van der Waals surface area contributed by atoms with Crippen LogP contribution in [0.4, 0.5) is 5.69 Å². The Morgan fingerprint density at radius 2 is 2.05 bits per heavy atom. The zero-order chi connectivity index (χ0) is 15.1. The van der Waals surface area contributed by atoms with Gasteiger partial charge < -0.3 is 14.7 Å². The fourth-order valence-electron chi connectivity index (χ4n) is 2.16. The van der Waals surface area contributed by atoms with Crippen molar-refractivity contribution in [2.45, 2.75) is 26.7 Å². The van der Waals surface area contributed by atoms with E-state index in [0.29, 0.717) is 0 Å². The average molecular weight is 279 g/mol. The Balaban J connectivity index is 3.15. The number of benzene rings is 1. The van der Waals surface area contributed by atoms with Gasteiger partial charge in [-0.3, -0.25) is 9.59 Å². The van der Waals surface area contributed by atoms with E-state index >= 15 is 0 Å². The summed E-state index contributed by atoms with van der Waals surface area (Å²) >= 11 is 0. The minimum Gasteiger partial charge on any atom is -0.481 e. The third-order valence-corrected chi connectivity index (χ3v) is 3.09. The monoisotopic (exact) mass is 279 g/mol. The van der Waals surface area contributed by atoms with Crippen molar-refractivity contribution in [3.05, 3.63) is 29.3 Å². The molecule has 0 saturated heterocycles. The molecule has 0 spiro atoms. The molecule has 5 heteroatoms. The number of nitrogens with zero attached hydrogens (tertiary/aromatic N) is 1. The minimum absolute atomic E-state index is 0.0584. The SMILES string of the molecule is CCc1cccc(C)c1N(CCC(=O)O)C(=O)COC. The molecule has 1 aromatic rings. The van der Waals surface area contributed by atoms with Gasteiger partial charge in [-0.15, -0.1) is 0 Å². The van der Waals surface area contributed by atoms with E-state index in [4.69, 9.17) is 9.84 Å². The lowest BCUT2D eigenvalue weighted by Crippen LogP contribution is -2.36. The van der Waals surface area contributed by atoms with E-state index in [1.54, 1.807) is 0 Å². The van der Waals surface area contributed by atoms with Crippen LogP contribution in [0.3, 0.4) is 0 Å². The largest absolute Gasteiger partial charge is 0.481 e. The first kappa shape index (κ1) is 16.2.